The molecule has 6 nitrogen and oxygen atoms in total. The first-order chi connectivity index (χ1) is 16.0. The van der Waals surface area contributed by atoms with Crippen LogP contribution < -0.4 is 4.72 Å². The van der Waals surface area contributed by atoms with Crippen LogP contribution in [0.15, 0.2) is 36.4 Å². The Kier molecular flexibility index (Phi) is 5.73. The molecule has 2 aromatic carbocycles. The van der Waals surface area contributed by atoms with Crippen LogP contribution in [-0.4, -0.2) is 54.8 Å². The maximum Gasteiger partial charge on any atom is 0.252 e. The Labute approximate surface area is 195 Å². The molecule has 2 saturated carbocycles. The highest BCUT2D eigenvalue weighted by molar-refractivity contribution is 7.88. The number of piperidine rings is 1. The van der Waals surface area contributed by atoms with E-state index in [-0.39, 0.29) is 41.0 Å². The van der Waals surface area contributed by atoms with Crippen LogP contribution in [-0.2, 0) is 21.2 Å². The van der Waals surface area contributed by atoms with Crippen molar-refractivity contribution in [2.75, 3.05) is 6.26 Å². The van der Waals surface area contributed by atoms with Crippen molar-refractivity contribution in [1.82, 2.24) is 9.62 Å². The van der Waals surface area contributed by atoms with E-state index in [2.05, 4.69) is 4.72 Å². The number of rotatable bonds is 7. The molecule has 182 valence electrons. The lowest BCUT2D eigenvalue weighted by Crippen LogP contribution is -2.53. The molecular formula is C24H25F3N2O4S. The van der Waals surface area contributed by atoms with E-state index in [4.69, 9.17) is 0 Å². The summed E-state index contributed by atoms with van der Waals surface area (Å²) < 4.78 is 69.7. The zero-order valence-corrected chi connectivity index (χ0v) is 19.2. The number of halogens is 3. The van der Waals surface area contributed by atoms with Crippen LogP contribution >= 0.6 is 0 Å². The summed E-state index contributed by atoms with van der Waals surface area (Å²) in [6, 6.07) is 5.70. The summed E-state index contributed by atoms with van der Waals surface area (Å²) in [7, 11) is -3.61. The summed E-state index contributed by atoms with van der Waals surface area (Å²) in [6.07, 6.45) is 1.98. The highest BCUT2D eigenvalue weighted by Gasteiger charge is 2.61. The fraction of sp³-hybridized carbons (Fsp3) is 0.458. The van der Waals surface area contributed by atoms with Gasteiger partial charge in [-0.3, -0.25) is 4.79 Å². The van der Waals surface area contributed by atoms with Crippen LogP contribution in [0.4, 0.5) is 13.2 Å². The van der Waals surface area contributed by atoms with E-state index in [1.807, 2.05) is 0 Å². The molecule has 1 aliphatic heterocycles. The molecule has 0 bridgehead atoms. The molecule has 2 N–H and O–H groups in total. The minimum absolute atomic E-state index is 0.00238. The first-order valence-corrected chi connectivity index (χ1v) is 13.1. The predicted molar refractivity (Wildman–Crippen MR) is 118 cm³/mol. The summed E-state index contributed by atoms with van der Waals surface area (Å²) in [5, 5.41) is 10.5. The maximum absolute atomic E-state index is 15.5. The summed E-state index contributed by atoms with van der Waals surface area (Å²) in [4.78, 5) is 14.7. The van der Waals surface area contributed by atoms with Gasteiger partial charge in [-0.15, -0.1) is 0 Å². The molecule has 0 radical (unpaired) electrons. The van der Waals surface area contributed by atoms with Crippen LogP contribution in [0.25, 0.3) is 11.1 Å². The number of amides is 1. The topological polar surface area (TPSA) is 86.7 Å². The lowest BCUT2D eigenvalue weighted by atomic mass is 9.94. The molecule has 2 aliphatic carbocycles. The smallest absolute Gasteiger partial charge is 0.252 e. The average Bonchev–Trinajstić information content (AvgIpc) is 3.65. The van der Waals surface area contributed by atoms with Gasteiger partial charge in [-0.2, -0.15) is 0 Å². The summed E-state index contributed by atoms with van der Waals surface area (Å²) in [6.45, 7) is 0. The van der Waals surface area contributed by atoms with Gasteiger partial charge in [-0.1, -0.05) is 18.2 Å². The van der Waals surface area contributed by atoms with Gasteiger partial charge in [-0.25, -0.2) is 26.3 Å². The Morgan fingerprint density at radius 3 is 2.47 bits per heavy atom. The van der Waals surface area contributed by atoms with Crippen molar-refractivity contribution in [3.8, 4) is 11.1 Å². The predicted octanol–water partition coefficient (Wildman–Crippen LogP) is 2.60. The highest BCUT2D eigenvalue weighted by atomic mass is 32.2. The molecule has 1 amide bonds. The zero-order chi connectivity index (χ0) is 24.4. The third-order valence-electron chi connectivity index (χ3n) is 7.00. The Balaban J connectivity index is 1.49. The van der Waals surface area contributed by atoms with Crippen molar-refractivity contribution in [2.24, 2.45) is 11.8 Å². The van der Waals surface area contributed by atoms with Gasteiger partial charge in [0.1, 0.15) is 23.6 Å². The second-order valence-electron chi connectivity index (χ2n) is 9.62. The third-order valence-corrected chi connectivity index (χ3v) is 7.70. The second-order valence-corrected chi connectivity index (χ2v) is 11.4. The highest BCUT2D eigenvalue weighted by Crippen LogP contribution is 2.50. The van der Waals surface area contributed by atoms with Gasteiger partial charge < -0.3 is 10.0 Å². The van der Waals surface area contributed by atoms with E-state index < -0.39 is 51.6 Å². The lowest BCUT2D eigenvalue weighted by Gasteiger charge is -2.33. The summed E-state index contributed by atoms with van der Waals surface area (Å²) in [5.41, 5.74) is 0.226. The van der Waals surface area contributed by atoms with Gasteiger partial charge in [0.2, 0.25) is 10.0 Å². The fourth-order valence-electron chi connectivity index (χ4n) is 5.24. The Morgan fingerprint density at radius 1 is 1.18 bits per heavy atom. The summed E-state index contributed by atoms with van der Waals surface area (Å²) >= 11 is 0. The molecule has 1 unspecified atom stereocenters. The SMILES string of the molecule is CS(=O)(=O)N[C@@H]1[C@H]2C[C@H]2N(C(=O)C(O)C2CC2)[C@@H]1Cc1cccc(-c2cc(F)cc(F)c2)c1F. The number of sulfonamides is 1. The van der Waals surface area contributed by atoms with Gasteiger partial charge in [0.15, 0.2) is 0 Å². The Morgan fingerprint density at radius 2 is 1.85 bits per heavy atom. The largest absolute Gasteiger partial charge is 0.383 e. The van der Waals surface area contributed by atoms with E-state index in [1.54, 1.807) is 6.07 Å². The number of hydrogen-bond donors (Lipinski definition) is 2. The number of nitrogens with one attached hydrogen (secondary N) is 1. The average molecular weight is 495 g/mol. The van der Waals surface area contributed by atoms with Crippen molar-refractivity contribution >= 4 is 15.9 Å². The zero-order valence-electron chi connectivity index (χ0n) is 18.4. The van der Waals surface area contributed by atoms with Crippen molar-refractivity contribution in [3.05, 3.63) is 59.4 Å². The van der Waals surface area contributed by atoms with Gasteiger partial charge in [0.05, 0.1) is 12.3 Å². The van der Waals surface area contributed by atoms with E-state index in [0.717, 1.165) is 31.2 Å². The molecule has 3 fully saturated rings. The van der Waals surface area contributed by atoms with Crippen LogP contribution in [0, 0.1) is 29.3 Å². The van der Waals surface area contributed by atoms with Gasteiger partial charge >= 0.3 is 0 Å². The number of likely N-dealkylation sites (tertiary alicyclic amines) is 1. The number of hydrogen-bond acceptors (Lipinski definition) is 4. The van der Waals surface area contributed by atoms with Crippen LogP contribution in [0.3, 0.4) is 0 Å². The molecule has 0 aromatic heterocycles. The van der Waals surface area contributed by atoms with Crippen LogP contribution in [0.5, 0.6) is 0 Å². The van der Waals surface area contributed by atoms with E-state index in [9.17, 15) is 27.1 Å². The standard InChI is InChI=1S/C24H25F3N2O4S/c1-34(32,33)28-22-18-11-19(18)29(24(31)23(30)12-5-6-12)20(22)9-13-3-2-4-17(21(13)27)14-7-15(25)10-16(26)8-14/h2-4,7-8,10,12,18-20,22-23,28,30H,5-6,9,11H2,1H3/t18-,19+,20+,22+,23?/m0/s1. The number of carbonyl (C=O) groups is 1. The number of benzene rings is 2. The maximum atomic E-state index is 15.5. The molecule has 5 rings (SSSR count). The Bertz CT molecular complexity index is 1230. The number of carbonyl (C=O) groups excluding carboxylic acids is 1. The van der Waals surface area contributed by atoms with Gasteiger partial charge in [0, 0.05) is 23.7 Å². The number of nitrogens with zero attached hydrogens (tertiary/aromatic N) is 1. The van der Waals surface area contributed by atoms with Crippen molar-refractivity contribution < 1.29 is 31.5 Å². The van der Waals surface area contributed by atoms with E-state index in [1.165, 1.54) is 17.0 Å². The van der Waals surface area contributed by atoms with Crippen LogP contribution in [0.1, 0.15) is 24.8 Å². The molecule has 10 heteroatoms. The third kappa shape index (κ3) is 4.46. The first-order valence-electron chi connectivity index (χ1n) is 11.2. The molecule has 1 saturated heterocycles. The second kappa shape index (κ2) is 8.35. The molecule has 0 spiro atoms. The normalized spacial score (nSPS) is 26.9. The number of aliphatic hydroxyl groups excluding tert-OH is 1. The monoisotopic (exact) mass is 494 g/mol. The van der Waals surface area contributed by atoms with Crippen molar-refractivity contribution in [3.63, 3.8) is 0 Å². The van der Waals surface area contributed by atoms with E-state index in [0.29, 0.717) is 12.5 Å². The first kappa shape index (κ1) is 23.3. The fourth-order valence-corrected chi connectivity index (χ4v) is 6.06. The van der Waals surface area contributed by atoms with Crippen molar-refractivity contribution in [1.29, 1.82) is 0 Å². The summed E-state index contributed by atoms with van der Waals surface area (Å²) in [5.74, 6) is -3.03. The number of aliphatic hydroxyl groups is 1. The molecule has 34 heavy (non-hydrogen) atoms. The van der Waals surface area contributed by atoms with Crippen molar-refractivity contribution in [2.45, 2.75) is 49.9 Å². The molecule has 3 aliphatic rings. The number of fused-ring (bicyclic) bond motifs is 1. The van der Waals surface area contributed by atoms with Gasteiger partial charge in [-0.05, 0) is 60.8 Å². The minimum Gasteiger partial charge on any atom is -0.383 e. The van der Waals surface area contributed by atoms with E-state index >= 15 is 4.39 Å². The molecule has 2 aromatic rings. The lowest BCUT2D eigenvalue weighted by molar-refractivity contribution is -0.143. The molecule has 5 atom stereocenters. The molecule has 1 heterocycles. The van der Waals surface area contributed by atoms with Crippen LogP contribution in [0.2, 0.25) is 0 Å². The van der Waals surface area contributed by atoms with Gasteiger partial charge in [0.25, 0.3) is 5.91 Å². The Hall–Kier alpha value is -2.43. The minimum atomic E-state index is -3.61. The molecular weight excluding hydrogens is 469 g/mol. The quantitative estimate of drug-likeness (QED) is 0.620.